The lowest BCUT2D eigenvalue weighted by molar-refractivity contribution is 0.629. The fourth-order valence-electron chi connectivity index (χ4n) is 1.59. The van der Waals surface area contributed by atoms with Gasteiger partial charge in [-0.2, -0.15) is 0 Å². The van der Waals surface area contributed by atoms with Crippen molar-refractivity contribution in [3.05, 3.63) is 52.5 Å². The highest BCUT2D eigenvalue weighted by molar-refractivity contribution is 9.10. The Hall–Kier alpha value is -1.22. The second-order valence-corrected chi connectivity index (χ2v) is 4.38. The zero-order valence-electron chi connectivity index (χ0n) is 8.87. The number of rotatable bonds is 2. The van der Waals surface area contributed by atoms with Crippen molar-refractivity contribution >= 4 is 15.9 Å². The zero-order valence-corrected chi connectivity index (χ0v) is 10.5. The van der Waals surface area contributed by atoms with Crippen molar-refractivity contribution in [2.45, 2.75) is 13.3 Å². The molecule has 1 aromatic heterocycles. The highest BCUT2D eigenvalue weighted by Crippen LogP contribution is 2.29. The van der Waals surface area contributed by atoms with Gasteiger partial charge in [-0.25, -0.2) is 4.39 Å². The standard InChI is InChI=1S/C13H11BrFN/c1-2-9-3-4-11(13(15)7-9)10-5-6-16-8-12(10)14/h3-8H,2H2,1H3. The SMILES string of the molecule is CCc1ccc(-c2ccncc2Br)c(F)c1. The van der Waals surface area contributed by atoms with E-state index in [0.29, 0.717) is 5.56 Å². The van der Waals surface area contributed by atoms with Crippen LogP contribution in [0, 0.1) is 5.82 Å². The number of hydrogen-bond acceptors (Lipinski definition) is 1. The van der Waals surface area contributed by atoms with Crippen molar-refractivity contribution in [2.75, 3.05) is 0 Å². The maximum Gasteiger partial charge on any atom is 0.131 e. The van der Waals surface area contributed by atoms with Crippen LogP contribution in [0.3, 0.4) is 0 Å². The third-order valence-electron chi connectivity index (χ3n) is 2.50. The molecule has 0 spiro atoms. The lowest BCUT2D eigenvalue weighted by atomic mass is 10.0. The molecule has 2 aromatic rings. The minimum absolute atomic E-state index is 0.189. The van der Waals surface area contributed by atoms with Gasteiger partial charge in [-0.3, -0.25) is 4.98 Å². The normalized spacial score (nSPS) is 10.4. The average molecular weight is 280 g/mol. The van der Waals surface area contributed by atoms with E-state index in [-0.39, 0.29) is 5.82 Å². The predicted octanol–water partition coefficient (Wildman–Crippen LogP) is 4.21. The van der Waals surface area contributed by atoms with Gasteiger partial charge in [0.1, 0.15) is 5.82 Å². The second-order valence-electron chi connectivity index (χ2n) is 3.52. The number of aromatic nitrogens is 1. The molecule has 2 rings (SSSR count). The Balaban J connectivity index is 2.53. The summed E-state index contributed by atoms with van der Waals surface area (Å²) < 4.78 is 14.7. The largest absolute Gasteiger partial charge is 0.264 e. The molecule has 16 heavy (non-hydrogen) atoms. The fourth-order valence-corrected chi connectivity index (χ4v) is 2.05. The molecule has 0 aliphatic carbocycles. The fraction of sp³-hybridized carbons (Fsp3) is 0.154. The van der Waals surface area contributed by atoms with Gasteiger partial charge in [0.15, 0.2) is 0 Å². The average Bonchev–Trinajstić information content (AvgIpc) is 2.30. The molecule has 0 bridgehead atoms. The first-order valence-electron chi connectivity index (χ1n) is 5.10. The van der Waals surface area contributed by atoms with Crippen molar-refractivity contribution in [3.63, 3.8) is 0 Å². The van der Waals surface area contributed by atoms with E-state index in [9.17, 15) is 4.39 Å². The van der Waals surface area contributed by atoms with Gasteiger partial charge in [0, 0.05) is 28.0 Å². The van der Waals surface area contributed by atoms with Crippen LogP contribution in [0.1, 0.15) is 12.5 Å². The summed E-state index contributed by atoms with van der Waals surface area (Å²) in [5, 5.41) is 0. The Morgan fingerprint density at radius 3 is 2.69 bits per heavy atom. The number of aryl methyl sites for hydroxylation is 1. The number of nitrogens with zero attached hydrogens (tertiary/aromatic N) is 1. The van der Waals surface area contributed by atoms with Gasteiger partial charge in [-0.15, -0.1) is 0 Å². The molecule has 1 nitrogen and oxygen atoms in total. The molecule has 0 fully saturated rings. The Kier molecular flexibility index (Phi) is 3.34. The third-order valence-corrected chi connectivity index (χ3v) is 3.14. The molecular formula is C13H11BrFN. The zero-order chi connectivity index (χ0) is 11.5. The Morgan fingerprint density at radius 1 is 1.25 bits per heavy atom. The molecular weight excluding hydrogens is 269 g/mol. The minimum atomic E-state index is -0.189. The second kappa shape index (κ2) is 4.74. The van der Waals surface area contributed by atoms with Crippen LogP contribution in [-0.4, -0.2) is 4.98 Å². The summed E-state index contributed by atoms with van der Waals surface area (Å²) in [6, 6.07) is 7.15. The van der Waals surface area contributed by atoms with Crippen molar-refractivity contribution < 1.29 is 4.39 Å². The highest BCUT2D eigenvalue weighted by Gasteiger charge is 2.08. The summed E-state index contributed by atoms with van der Waals surface area (Å²) in [5.41, 5.74) is 2.44. The van der Waals surface area contributed by atoms with Crippen molar-refractivity contribution in [2.24, 2.45) is 0 Å². The van der Waals surface area contributed by atoms with Gasteiger partial charge < -0.3 is 0 Å². The van der Waals surface area contributed by atoms with Gasteiger partial charge in [-0.05, 0) is 40.0 Å². The van der Waals surface area contributed by atoms with E-state index in [1.165, 1.54) is 0 Å². The molecule has 82 valence electrons. The first-order valence-corrected chi connectivity index (χ1v) is 5.90. The topological polar surface area (TPSA) is 12.9 Å². The van der Waals surface area contributed by atoms with Gasteiger partial charge in [0.2, 0.25) is 0 Å². The number of halogens is 2. The summed E-state index contributed by atoms with van der Waals surface area (Å²) >= 11 is 3.37. The van der Waals surface area contributed by atoms with Crippen LogP contribution in [0.25, 0.3) is 11.1 Å². The van der Waals surface area contributed by atoms with Gasteiger partial charge in [-0.1, -0.05) is 19.1 Å². The molecule has 0 unspecified atom stereocenters. The number of benzene rings is 1. The van der Waals surface area contributed by atoms with E-state index in [2.05, 4.69) is 20.9 Å². The Labute approximate surface area is 102 Å². The molecule has 0 radical (unpaired) electrons. The lowest BCUT2D eigenvalue weighted by Gasteiger charge is -2.06. The van der Waals surface area contributed by atoms with Crippen molar-refractivity contribution in [1.29, 1.82) is 0 Å². The molecule has 0 aliphatic rings. The number of hydrogen-bond donors (Lipinski definition) is 0. The first kappa shape index (κ1) is 11.3. The quantitative estimate of drug-likeness (QED) is 0.802. The predicted molar refractivity (Wildman–Crippen MR) is 66.7 cm³/mol. The van der Waals surface area contributed by atoms with Crippen LogP contribution < -0.4 is 0 Å². The molecule has 1 heterocycles. The van der Waals surface area contributed by atoms with E-state index in [1.54, 1.807) is 24.5 Å². The molecule has 0 saturated carbocycles. The highest BCUT2D eigenvalue weighted by atomic mass is 79.9. The van der Waals surface area contributed by atoms with Gasteiger partial charge >= 0.3 is 0 Å². The Morgan fingerprint density at radius 2 is 2.06 bits per heavy atom. The van der Waals surface area contributed by atoms with Crippen molar-refractivity contribution in [3.8, 4) is 11.1 Å². The lowest BCUT2D eigenvalue weighted by Crippen LogP contribution is -1.89. The summed E-state index contributed by atoms with van der Waals surface area (Å²) in [6.07, 6.45) is 4.17. The summed E-state index contributed by atoms with van der Waals surface area (Å²) in [7, 11) is 0. The van der Waals surface area contributed by atoms with E-state index in [1.807, 2.05) is 19.1 Å². The summed E-state index contributed by atoms with van der Waals surface area (Å²) in [4.78, 5) is 3.96. The number of pyridine rings is 1. The summed E-state index contributed by atoms with van der Waals surface area (Å²) in [6.45, 7) is 2.01. The van der Waals surface area contributed by atoms with E-state index in [4.69, 9.17) is 0 Å². The first-order chi connectivity index (χ1) is 7.72. The maximum atomic E-state index is 13.9. The van der Waals surface area contributed by atoms with E-state index >= 15 is 0 Å². The molecule has 0 amide bonds. The monoisotopic (exact) mass is 279 g/mol. The summed E-state index contributed by atoms with van der Waals surface area (Å²) in [5.74, 6) is -0.189. The van der Waals surface area contributed by atoms with Crippen LogP contribution in [0.4, 0.5) is 4.39 Å². The van der Waals surface area contributed by atoms with Crippen LogP contribution in [0.5, 0.6) is 0 Å². The molecule has 0 saturated heterocycles. The molecule has 0 aliphatic heterocycles. The van der Waals surface area contributed by atoms with Crippen molar-refractivity contribution in [1.82, 2.24) is 4.98 Å². The van der Waals surface area contributed by atoms with Crippen LogP contribution in [-0.2, 0) is 6.42 Å². The maximum absolute atomic E-state index is 13.9. The molecule has 0 atom stereocenters. The van der Waals surface area contributed by atoms with E-state index in [0.717, 1.165) is 22.0 Å². The van der Waals surface area contributed by atoms with Crippen LogP contribution in [0.15, 0.2) is 41.1 Å². The van der Waals surface area contributed by atoms with Crippen LogP contribution in [0.2, 0.25) is 0 Å². The smallest absolute Gasteiger partial charge is 0.131 e. The minimum Gasteiger partial charge on any atom is -0.264 e. The molecule has 1 aromatic carbocycles. The van der Waals surface area contributed by atoms with Gasteiger partial charge in [0.05, 0.1) is 0 Å². The van der Waals surface area contributed by atoms with Gasteiger partial charge in [0.25, 0.3) is 0 Å². The van der Waals surface area contributed by atoms with Crippen LogP contribution >= 0.6 is 15.9 Å². The third kappa shape index (κ3) is 2.14. The van der Waals surface area contributed by atoms with E-state index < -0.39 is 0 Å². The molecule has 3 heteroatoms. The Bertz CT molecular complexity index is 511. The molecule has 0 N–H and O–H groups in total.